The van der Waals surface area contributed by atoms with Gasteiger partial charge in [-0.15, -0.1) is 11.3 Å². The Bertz CT molecular complexity index is 860. The number of carbonyl (C=O) groups is 2. The van der Waals surface area contributed by atoms with Crippen LogP contribution in [0.15, 0.2) is 41.3 Å². The molecule has 9 heteroatoms. The van der Waals surface area contributed by atoms with Crippen molar-refractivity contribution >= 4 is 33.0 Å². The average molecular weight is 370 g/mol. The van der Waals surface area contributed by atoms with Gasteiger partial charge < -0.3 is 0 Å². The Balaban J connectivity index is 2.03. The Kier molecular flexibility index (Phi) is 5.35. The van der Waals surface area contributed by atoms with Crippen LogP contribution in [0, 0.1) is 12.7 Å². The number of sulfone groups is 1. The number of thiophene rings is 1. The van der Waals surface area contributed by atoms with Crippen LogP contribution in [-0.2, 0) is 14.6 Å². The molecule has 0 spiro atoms. The fraction of sp³-hybridized carbons (Fsp3) is 0.200. The van der Waals surface area contributed by atoms with Crippen molar-refractivity contribution < 1.29 is 22.4 Å². The van der Waals surface area contributed by atoms with E-state index in [0.29, 0.717) is 4.88 Å². The highest BCUT2D eigenvalue weighted by atomic mass is 32.2. The summed E-state index contributed by atoms with van der Waals surface area (Å²) in [5, 5.41) is -1.45. The minimum atomic E-state index is -3.99. The van der Waals surface area contributed by atoms with E-state index in [0.717, 1.165) is 29.1 Å². The number of rotatable bonds is 4. The summed E-state index contributed by atoms with van der Waals surface area (Å²) in [6.45, 7) is 3.02. The van der Waals surface area contributed by atoms with Gasteiger partial charge in [-0.1, -0.05) is 0 Å². The summed E-state index contributed by atoms with van der Waals surface area (Å²) in [7, 11) is -3.99. The molecule has 1 aromatic heterocycles. The minimum absolute atomic E-state index is 0.174. The van der Waals surface area contributed by atoms with Gasteiger partial charge in [0.2, 0.25) is 0 Å². The monoisotopic (exact) mass is 370 g/mol. The largest absolute Gasteiger partial charge is 0.279 e. The number of hydrazine groups is 1. The van der Waals surface area contributed by atoms with Crippen LogP contribution in [0.3, 0.4) is 0 Å². The lowest BCUT2D eigenvalue weighted by Crippen LogP contribution is -2.47. The number of carbonyl (C=O) groups excluding carboxylic acids is 2. The van der Waals surface area contributed by atoms with Crippen molar-refractivity contribution in [1.29, 1.82) is 0 Å². The van der Waals surface area contributed by atoms with Crippen LogP contribution in [0.4, 0.5) is 4.39 Å². The molecule has 0 bridgehead atoms. The van der Waals surface area contributed by atoms with Gasteiger partial charge in [0.15, 0.2) is 9.84 Å². The highest BCUT2D eigenvalue weighted by Gasteiger charge is 2.30. The Morgan fingerprint density at radius 1 is 1.08 bits per heavy atom. The maximum Gasteiger partial charge on any atom is 0.279 e. The van der Waals surface area contributed by atoms with Crippen LogP contribution in [0.1, 0.15) is 21.5 Å². The van der Waals surface area contributed by atoms with Crippen LogP contribution in [0.2, 0.25) is 0 Å². The van der Waals surface area contributed by atoms with Crippen molar-refractivity contribution in [3.05, 3.63) is 52.0 Å². The second kappa shape index (κ2) is 7.10. The highest BCUT2D eigenvalue weighted by Crippen LogP contribution is 2.17. The zero-order chi connectivity index (χ0) is 17.9. The molecule has 1 atom stereocenters. The smallest absolute Gasteiger partial charge is 0.272 e. The first-order valence-corrected chi connectivity index (χ1v) is 9.24. The van der Waals surface area contributed by atoms with Crippen molar-refractivity contribution in [2.45, 2.75) is 24.0 Å². The maximum absolute atomic E-state index is 12.9. The lowest BCUT2D eigenvalue weighted by molar-refractivity contribution is -0.121. The molecule has 0 aliphatic carbocycles. The second-order valence-corrected chi connectivity index (χ2v) is 8.55. The van der Waals surface area contributed by atoms with E-state index in [1.54, 1.807) is 12.1 Å². The number of halogens is 1. The predicted molar refractivity (Wildman–Crippen MR) is 87.7 cm³/mol. The standard InChI is InChI=1S/C15H15FN2O4S2/c1-9-3-8-13(23-9)15(20)18-17-14(19)10(2)24(21,22)12-6-4-11(16)5-7-12/h3-8,10H,1-2H3,(H,17,19)(H,18,20). The Morgan fingerprint density at radius 2 is 1.71 bits per heavy atom. The molecule has 1 heterocycles. The molecule has 24 heavy (non-hydrogen) atoms. The van der Waals surface area contributed by atoms with E-state index >= 15 is 0 Å². The van der Waals surface area contributed by atoms with Gasteiger partial charge in [-0.3, -0.25) is 20.4 Å². The van der Waals surface area contributed by atoms with E-state index in [1.807, 2.05) is 6.92 Å². The maximum atomic E-state index is 12.9. The van der Waals surface area contributed by atoms with Crippen LogP contribution < -0.4 is 10.9 Å². The van der Waals surface area contributed by atoms with E-state index < -0.39 is 32.7 Å². The van der Waals surface area contributed by atoms with Crippen LogP contribution in [0.25, 0.3) is 0 Å². The third-order valence-corrected chi connectivity index (χ3v) is 6.31. The SMILES string of the molecule is Cc1ccc(C(=O)NNC(=O)C(C)S(=O)(=O)c2ccc(F)cc2)s1. The lowest BCUT2D eigenvalue weighted by Gasteiger charge is -2.13. The molecule has 2 aromatic rings. The van der Waals surface area contributed by atoms with Gasteiger partial charge in [-0.05, 0) is 50.2 Å². The second-order valence-electron chi connectivity index (χ2n) is 4.99. The molecule has 6 nitrogen and oxygen atoms in total. The molecule has 0 fully saturated rings. The zero-order valence-corrected chi connectivity index (χ0v) is 14.5. The third-order valence-electron chi connectivity index (χ3n) is 3.24. The molecule has 1 unspecified atom stereocenters. The van der Waals surface area contributed by atoms with Crippen molar-refractivity contribution in [2.24, 2.45) is 0 Å². The van der Waals surface area contributed by atoms with Crippen molar-refractivity contribution in [3.8, 4) is 0 Å². The van der Waals surface area contributed by atoms with E-state index in [2.05, 4.69) is 10.9 Å². The number of amides is 2. The Labute approximate surface area is 142 Å². The molecular weight excluding hydrogens is 355 g/mol. The first-order valence-electron chi connectivity index (χ1n) is 6.88. The fourth-order valence-electron chi connectivity index (χ4n) is 1.81. The predicted octanol–water partition coefficient (Wildman–Crippen LogP) is 1.82. The fourth-order valence-corrected chi connectivity index (χ4v) is 3.83. The average Bonchev–Trinajstić information content (AvgIpc) is 2.98. The summed E-state index contributed by atoms with van der Waals surface area (Å²) in [6.07, 6.45) is 0. The van der Waals surface area contributed by atoms with Gasteiger partial charge in [-0.25, -0.2) is 12.8 Å². The van der Waals surface area contributed by atoms with Gasteiger partial charge in [-0.2, -0.15) is 0 Å². The Hall–Kier alpha value is -2.26. The van der Waals surface area contributed by atoms with Crippen LogP contribution >= 0.6 is 11.3 Å². The highest BCUT2D eigenvalue weighted by molar-refractivity contribution is 7.92. The van der Waals surface area contributed by atoms with E-state index in [9.17, 15) is 22.4 Å². The molecule has 2 rings (SSSR count). The number of aryl methyl sites for hydroxylation is 1. The molecule has 128 valence electrons. The first-order chi connectivity index (χ1) is 11.2. The molecule has 0 saturated heterocycles. The summed E-state index contributed by atoms with van der Waals surface area (Å²) < 4.78 is 37.5. The first kappa shape index (κ1) is 18.1. The zero-order valence-electron chi connectivity index (χ0n) is 12.9. The van der Waals surface area contributed by atoms with Crippen molar-refractivity contribution in [3.63, 3.8) is 0 Å². The molecule has 2 N–H and O–H groups in total. The molecule has 0 aliphatic heterocycles. The van der Waals surface area contributed by atoms with Crippen molar-refractivity contribution in [1.82, 2.24) is 10.9 Å². The van der Waals surface area contributed by atoms with E-state index in [4.69, 9.17) is 0 Å². The number of nitrogens with one attached hydrogen (secondary N) is 2. The summed E-state index contributed by atoms with van der Waals surface area (Å²) in [6, 6.07) is 7.52. The molecule has 0 saturated carbocycles. The molecule has 2 amide bonds. The van der Waals surface area contributed by atoms with Crippen LogP contribution in [-0.4, -0.2) is 25.5 Å². The topological polar surface area (TPSA) is 92.3 Å². The summed E-state index contributed by atoms with van der Waals surface area (Å²) in [5.74, 6) is -2.00. The quantitative estimate of drug-likeness (QED) is 0.634. The van der Waals surface area contributed by atoms with Gasteiger partial charge in [0.25, 0.3) is 11.8 Å². The summed E-state index contributed by atoms with van der Waals surface area (Å²) >= 11 is 1.24. The number of hydrogen-bond donors (Lipinski definition) is 2. The number of hydrogen-bond acceptors (Lipinski definition) is 5. The van der Waals surface area contributed by atoms with Gasteiger partial charge in [0.05, 0.1) is 9.77 Å². The molecule has 1 aromatic carbocycles. The van der Waals surface area contributed by atoms with Gasteiger partial charge >= 0.3 is 0 Å². The lowest BCUT2D eigenvalue weighted by atomic mass is 10.3. The molecule has 0 radical (unpaired) electrons. The molecular formula is C15H15FN2O4S2. The van der Waals surface area contributed by atoms with E-state index in [1.165, 1.54) is 18.3 Å². The molecule has 0 aliphatic rings. The third kappa shape index (κ3) is 3.98. The number of benzene rings is 1. The Morgan fingerprint density at radius 3 is 2.25 bits per heavy atom. The van der Waals surface area contributed by atoms with Gasteiger partial charge in [0.1, 0.15) is 11.1 Å². The van der Waals surface area contributed by atoms with Crippen LogP contribution in [0.5, 0.6) is 0 Å². The van der Waals surface area contributed by atoms with Crippen molar-refractivity contribution in [2.75, 3.05) is 0 Å². The summed E-state index contributed by atoms with van der Waals surface area (Å²) in [5.41, 5.74) is 4.27. The van der Waals surface area contributed by atoms with Gasteiger partial charge in [0, 0.05) is 4.88 Å². The van der Waals surface area contributed by atoms with E-state index in [-0.39, 0.29) is 4.90 Å². The summed E-state index contributed by atoms with van der Waals surface area (Å²) in [4.78, 5) is 25.0. The minimum Gasteiger partial charge on any atom is -0.272 e. The normalized spacial score (nSPS) is 12.5.